The summed E-state index contributed by atoms with van der Waals surface area (Å²) in [5.74, 6) is 0.438. The number of benzene rings is 1. The van der Waals surface area contributed by atoms with Gasteiger partial charge in [-0.05, 0) is 30.7 Å². The Hall–Kier alpha value is -1.33. The maximum Gasteiger partial charge on any atom is 0.152 e. The van der Waals surface area contributed by atoms with Crippen molar-refractivity contribution < 1.29 is 8.42 Å². The molecule has 0 amide bonds. The Morgan fingerprint density at radius 2 is 2.16 bits per heavy atom. The van der Waals surface area contributed by atoms with Gasteiger partial charge in [0, 0.05) is 17.6 Å². The summed E-state index contributed by atoms with van der Waals surface area (Å²) in [6.45, 7) is 0. The lowest BCUT2D eigenvalue weighted by atomic mass is 10.1. The van der Waals surface area contributed by atoms with Crippen LogP contribution >= 0.6 is 11.6 Å². The summed E-state index contributed by atoms with van der Waals surface area (Å²) in [7, 11) is -2.89. The molecule has 1 aromatic carbocycles. The quantitative estimate of drug-likeness (QED) is 0.925. The molecule has 2 heterocycles. The van der Waals surface area contributed by atoms with Gasteiger partial charge in [0.05, 0.1) is 27.7 Å². The van der Waals surface area contributed by atoms with Gasteiger partial charge in [0.1, 0.15) is 0 Å². The average Bonchev–Trinajstić information content (AvgIpc) is 2.73. The summed E-state index contributed by atoms with van der Waals surface area (Å²) in [4.78, 5) is 4.32. The normalized spacial score (nSPS) is 21.6. The van der Waals surface area contributed by atoms with E-state index in [1.807, 2.05) is 18.2 Å². The highest BCUT2D eigenvalue weighted by molar-refractivity contribution is 7.91. The third-order valence-corrected chi connectivity index (χ3v) is 5.41. The summed E-state index contributed by atoms with van der Waals surface area (Å²) < 4.78 is 22.9. The number of hydrogen-bond donors (Lipinski definition) is 1. The van der Waals surface area contributed by atoms with Crippen molar-refractivity contribution in [1.82, 2.24) is 4.98 Å². The molecule has 100 valence electrons. The van der Waals surface area contributed by atoms with E-state index < -0.39 is 9.84 Å². The molecule has 1 aliphatic heterocycles. The number of hydrogen-bond acceptors (Lipinski definition) is 4. The van der Waals surface area contributed by atoms with Crippen LogP contribution in [0, 0.1) is 0 Å². The van der Waals surface area contributed by atoms with Gasteiger partial charge in [-0.1, -0.05) is 11.6 Å². The fraction of sp³-hybridized carbons (Fsp3) is 0.308. The molecule has 1 N–H and O–H groups in total. The van der Waals surface area contributed by atoms with Crippen LogP contribution in [0.3, 0.4) is 0 Å². The predicted octanol–water partition coefficient (Wildman–Crippen LogP) is 2.49. The van der Waals surface area contributed by atoms with Crippen molar-refractivity contribution in [3.05, 3.63) is 35.5 Å². The number of rotatable bonds is 2. The summed E-state index contributed by atoms with van der Waals surface area (Å²) in [6, 6.07) is 7.34. The Morgan fingerprint density at radius 1 is 1.32 bits per heavy atom. The van der Waals surface area contributed by atoms with Crippen molar-refractivity contribution in [2.24, 2.45) is 0 Å². The number of fused-ring (bicyclic) bond motifs is 1. The molecule has 0 spiro atoms. The molecule has 2 aromatic rings. The predicted molar refractivity (Wildman–Crippen MR) is 77.4 cm³/mol. The standard InChI is InChI=1S/C13H13ClN2O2S/c14-11-3-4-12(13-10(11)2-1-6-15-13)16-9-5-7-19(17,18)8-9/h1-4,6,9,16H,5,7-8H2. The minimum atomic E-state index is -2.89. The van der Waals surface area contributed by atoms with Crippen LogP contribution in [0.15, 0.2) is 30.5 Å². The zero-order valence-corrected chi connectivity index (χ0v) is 11.7. The molecule has 1 aromatic heterocycles. The third kappa shape index (κ3) is 2.53. The van der Waals surface area contributed by atoms with Gasteiger partial charge in [-0.15, -0.1) is 0 Å². The van der Waals surface area contributed by atoms with Crippen LogP contribution in [0.4, 0.5) is 5.69 Å². The Bertz CT molecular complexity index is 731. The molecule has 3 rings (SSSR count). The first-order chi connectivity index (χ1) is 9.05. The molecule has 0 saturated carbocycles. The van der Waals surface area contributed by atoms with E-state index in [1.54, 1.807) is 12.3 Å². The fourth-order valence-electron chi connectivity index (χ4n) is 2.38. The molecule has 1 saturated heterocycles. The Morgan fingerprint density at radius 3 is 2.89 bits per heavy atom. The van der Waals surface area contributed by atoms with Gasteiger partial charge < -0.3 is 5.32 Å². The van der Waals surface area contributed by atoms with Crippen molar-refractivity contribution >= 4 is 38.0 Å². The van der Waals surface area contributed by atoms with Gasteiger partial charge in [-0.3, -0.25) is 4.98 Å². The monoisotopic (exact) mass is 296 g/mol. The summed E-state index contributed by atoms with van der Waals surface area (Å²) in [6.07, 6.45) is 2.34. The van der Waals surface area contributed by atoms with E-state index in [1.165, 1.54) is 0 Å². The van der Waals surface area contributed by atoms with E-state index in [-0.39, 0.29) is 17.5 Å². The number of nitrogens with zero attached hydrogens (tertiary/aromatic N) is 1. The number of pyridine rings is 1. The van der Waals surface area contributed by atoms with Crippen molar-refractivity contribution in [2.45, 2.75) is 12.5 Å². The smallest absolute Gasteiger partial charge is 0.152 e. The largest absolute Gasteiger partial charge is 0.379 e. The lowest BCUT2D eigenvalue weighted by Gasteiger charge is -2.14. The minimum Gasteiger partial charge on any atom is -0.379 e. The molecule has 0 aliphatic carbocycles. The van der Waals surface area contributed by atoms with Crippen LogP contribution in [-0.2, 0) is 9.84 Å². The molecule has 0 bridgehead atoms. The zero-order chi connectivity index (χ0) is 13.5. The molecule has 19 heavy (non-hydrogen) atoms. The molecular weight excluding hydrogens is 284 g/mol. The van der Waals surface area contributed by atoms with E-state index in [0.717, 1.165) is 16.6 Å². The number of aromatic nitrogens is 1. The summed E-state index contributed by atoms with van der Waals surface area (Å²) >= 11 is 6.13. The van der Waals surface area contributed by atoms with Gasteiger partial charge in [-0.2, -0.15) is 0 Å². The van der Waals surface area contributed by atoms with Crippen LogP contribution in [0.25, 0.3) is 10.9 Å². The molecule has 6 heteroatoms. The molecule has 0 radical (unpaired) electrons. The van der Waals surface area contributed by atoms with Crippen LogP contribution in [0.2, 0.25) is 5.02 Å². The molecule has 1 fully saturated rings. The molecular formula is C13H13ClN2O2S. The van der Waals surface area contributed by atoms with Crippen LogP contribution in [0.1, 0.15) is 6.42 Å². The second kappa shape index (κ2) is 4.65. The first-order valence-electron chi connectivity index (χ1n) is 6.05. The van der Waals surface area contributed by atoms with Crippen LogP contribution in [0.5, 0.6) is 0 Å². The van der Waals surface area contributed by atoms with Gasteiger partial charge in [0.25, 0.3) is 0 Å². The number of sulfone groups is 1. The van der Waals surface area contributed by atoms with Crippen molar-refractivity contribution in [1.29, 1.82) is 0 Å². The van der Waals surface area contributed by atoms with Gasteiger partial charge in [0.15, 0.2) is 9.84 Å². The highest BCUT2D eigenvalue weighted by Crippen LogP contribution is 2.29. The highest BCUT2D eigenvalue weighted by atomic mass is 35.5. The van der Waals surface area contributed by atoms with Gasteiger partial charge >= 0.3 is 0 Å². The summed E-state index contributed by atoms with van der Waals surface area (Å²) in [5.41, 5.74) is 1.61. The van der Waals surface area contributed by atoms with Crippen molar-refractivity contribution in [3.63, 3.8) is 0 Å². The zero-order valence-electron chi connectivity index (χ0n) is 10.1. The SMILES string of the molecule is O=S1(=O)CCC(Nc2ccc(Cl)c3cccnc23)C1. The molecule has 1 aliphatic rings. The van der Waals surface area contributed by atoms with Crippen LogP contribution in [-0.4, -0.2) is 30.9 Å². The first kappa shape index (κ1) is 12.7. The Kier molecular flexibility index (Phi) is 3.11. The minimum absolute atomic E-state index is 0.0450. The van der Waals surface area contributed by atoms with Crippen LogP contribution < -0.4 is 5.32 Å². The third-order valence-electron chi connectivity index (χ3n) is 3.31. The molecule has 4 nitrogen and oxygen atoms in total. The lowest BCUT2D eigenvalue weighted by Crippen LogP contribution is -2.20. The lowest BCUT2D eigenvalue weighted by molar-refractivity contribution is 0.602. The van der Waals surface area contributed by atoms with Gasteiger partial charge in [-0.25, -0.2) is 8.42 Å². The van der Waals surface area contributed by atoms with E-state index in [2.05, 4.69) is 10.3 Å². The van der Waals surface area contributed by atoms with E-state index in [9.17, 15) is 8.42 Å². The Labute approximate surface area is 116 Å². The van der Waals surface area contributed by atoms with Crippen molar-refractivity contribution in [2.75, 3.05) is 16.8 Å². The average molecular weight is 297 g/mol. The fourth-order valence-corrected chi connectivity index (χ4v) is 4.27. The maximum atomic E-state index is 11.5. The first-order valence-corrected chi connectivity index (χ1v) is 8.25. The second-order valence-corrected chi connectivity index (χ2v) is 7.37. The molecule has 1 unspecified atom stereocenters. The van der Waals surface area contributed by atoms with E-state index >= 15 is 0 Å². The topological polar surface area (TPSA) is 59.1 Å². The van der Waals surface area contributed by atoms with Crippen molar-refractivity contribution in [3.8, 4) is 0 Å². The van der Waals surface area contributed by atoms with Gasteiger partial charge in [0.2, 0.25) is 0 Å². The number of halogens is 1. The maximum absolute atomic E-state index is 11.5. The second-order valence-electron chi connectivity index (χ2n) is 4.74. The van der Waals surface area contributed by atoms with E-state index in [0.29, 0.717) is 11.4 Å². The molecule has 1 atom stereocenters. The Balaban J connectivity index is 1.96. The number of anilines is 1. The van der Waals surface area contributed by atoms with E-state index in [4.69, 9.17) is 11.6 Å². The highest BCUT2D eigenvalue weighted by Gasteiger charge is 2.28. The number of nitrogens with one attached hydrogen (secondary N) is 1. The summed E-state index contributed by atoms with van der Waals surface area (Å²) in [5, 5.41) is 4.78.